The molecule has 2 unspecified atom stereocenters. The lowest BCUT2D eigenvalue weighted by molar-refractivity contribution is -0.398. The molecular weight excluding hydrogens is 495 g/mol. The molecule has 0 heterocycles. The Morgan fingerprint density at radius 2 is 1.29 bits per heavy atom. The van der Waals surface area contributed by atoms with Crippen molar-refractivity contribution in [2.24, 2.45) is 5.41 Å². The molecule has 0 bridgehead atoms. The van der Waals surface area contributed by atoms with E-state index in [9.17, 15) is 53.9 Å². The summed E-state index contributed by atoms with van der Waals surface area (Å²) >= 11 is 0. The smallest absolute Gasteiger partial charge is 0.460 e. The number of hydrogen-bond donors (Lipinski definition) is 0. The number of carbonyl (C=O) groups excluding carboxylic acids is 3. The van der Waals surface area contributed by atoms with Gasteiger partial charge in [0.2, 0.25) is 0 Å². The Morgan fingerprint density at radius 1 is 0.824 bits per heavy atom. The Hall–Kier alpha value is -3.00. The summed E-state index contributed by atoms with van der Waals surface area (Å²) in [6, 6.07) is 0. The molecule has 0 aromatic rings. The number of hydrogen-bond acceptors (Lipinski definition) is 6. The minimum absolute atomic E-state index is 0.464. The van der Waals surface area contributed by atoms with Crippen molar-refractivity contribution in [3.63, 3.8) is 0 Å². The molecule has 0 saturated heterocycles. The SMILES string of the molecule is C=CC(=O)OCC(CC(F)(F)C(F)(F)C(F)(F)C(F)(F)F)OC(=O)C(C)(C=C)COC(=O)C=C. The summed E-state index contributed by atoms with van der Waals surface area (Å²) in [7, 11) is 0. The summed E-state index contributed by atoms with van der Waals surface area (Å²) in [5.74, 6) is -24.3. The van der Waals surface area contributed by atoms with Crippen LogP contribution >= 0.6 is 0 Å². The van der Waals surface area contributed by atoms with Gasteiger partial charge in [-0.25, -0.2) is 9.59 Å². The van der Waals surface area contributed by atoms with E-state index < -0.39 is 73.0 Å². The predicted molar refractivity (Wildman–Crippen MR) is 96.0 cm³/mol. The van der Waals surface area contributed by atoms with Crippen LogP contribution in [0.4, 0.5) is 39.5 Å². The summed E-state index contributed by atoms with van der Waals surface area (Å²) in [6.45, 7) is 7.87. The molecule has 0 rings (SSSR count). The van der Waals surface area contributed by atoms with E-state index in [1.54, 1.807) is 0 Å². The first-order chi connectivity index (χ1) is 15.2. The van der Waals surface area contributed by atoms with Gasteiger partial charge in [-0.05, 0) is 6.92 Å². The van der Waals surface area contributed by atoms with Gasteiger partial charge in [-0.1, -0.05) is 19.2 Å². The average molecular weight is 514 g/mol. The van der Waals surface area contributed by atoms with Crippen LogP contribution in [0.15, 0.2) is 38.0 Å². The lowest BCUT2D eigenvalue weighted by atomic mass is 9.92. The van der Waals surface area contributed by atoms with Crippen molar-refractivity contribution < 1.29 is 68.1 Å². The minimum Gasteiger partial charge on any atom is -0.461 e. The number of esters is 3. The fourth-order valence-corrected chi connectivity index (χ4v) is 1.96. The molecule has 0 aromatic carbocycles. The summed E-state index contributed by atoms with van der Waals surface area (Å²) in [6.07, 6.45) is -10.4. The van der Waals surface area contributed by atoms with Crippen molar-refractivity contribution in [2.45, 2.75) is 43.4 Å². The van der Waals surface area contributed by atoms with Gasteiger partial charge in [0.05, 0.1) is 6.42 Å². The zero-order valence-corrected chi connectivity index (χ0v) is 17.4. The molecule has 34 heavy (non-hydrogen) atoms. The Kier molecular flexibility index (Phi) is 9.98. The Labute approximate surface area is 187 Å². The molecule has 0 spiro atoms. The van der Waals surface area contributed by atoms with Gasteiger partial charge >= 0.3 is 41.9 Å². The van der Waals surface area contributed by atoms with Crippen molar-refractivity contribution >= 4 is 17.9 Å². The predicted octanol–water partition coefficient (Wildman–Crippen LogP) is 4.41. The van der Waals surface area contributed by atoms with Gasteiger partial charge in [-0.2, -0.15) is 39.5 Å². The van der Waals surface area contributed by atoms with Crippen LogP contribution in [-0.2, 0) is 28.6 Å². The van der Waals surface area contributed by atoms with E-state index in [1.165, 1.54) is 0 Å². The standard InChI is InChI=1S/C19H19F9O6/c1-5-12(29)32-9-11(34-14(31)15(4,7-3)10-33-13(30)6-2)8-16(20,21)17(22,23)18(24,25)19(26,27)28/h5-7,11H,1-3,8-10H2,4H3. The second kappa shape index (κ2) is 11.0. The summed E-state index contributed by atoms with van der Waals surface area (Å²) in [5.41, 5.74) is -2.03. The van der Waals surface area contributed by atoms with Crippen LogP contribution in [-0.4, -0.2) is 61.2 Å². The van der Waals surface area contributed by atoms with Gasteiger partial charge in [-0.3, -0.25) is 4.79 Å². The van der Waals surface area contributed by atoms with E-state index in [-0.39, 0.29) is 0 Å². The van der Waals surface area contributed by atoms with E-state index in [4.69, 9.17) is 0 Å². The van der Waals surface area contributed by atoms with E-state index in [0.717, 1.165) is 13.0 Å². The fourth-order valence-electron chi connectivity index (χ4n) is 1.96. The van der Waals surface area contributed by atoms with Crippen LogP contribution < -0.4 is 0 Å². The van der Waals surface area contributed by atoms with Crippen LogP contribution in [0.1, 0.15) is 13.3 Å². The molecule has 0 aromatic heterocycles. The molecule has 0 N–H and O–H groups in total. The Bertz CT molecular complexity index is 807. The molecule has 0 aliphatic carbocycles. The van der Waals surface area contributed by atoms with E-state index >= 15 is 0 Å². The highest BCUT2D eigenvalue weighted by Gasteiger charge is 2.81. The molecule has 15 heteroatoms. The van der Waals surface area contributed by atoms with Gasteiger partial charge in [0.1, 0.15) is 24.7 Å². The number of halogens is 9. The van der Waals surface area contributed by atoms with Gasteiger partial charge in [0.25, 0.3) is 0 Å². The number of ether oxygens (including phenoxy) is 3. The zero-order valence-electron chi connectivity index (χ0n) is 17.4. The summed E-state index contributed by atoms with van der Waals surface area (Å²) in [4.78, 5) is 34.7. The molecule has 0 radical (unpaired) electrons. The van der Waals surface area contributed by atoms with Crippen molar-refractivity contribution in [1.82, 2.24) is 0 Å². The van der Waals surface area contributed by atoms with Crippen molar-refractivity contribution in [2.75, 3.05) is 13.2 Å². The maximum atomic E-state index is 14.0. The quantitative estimate of drug-likeness (QED) is 0.119. The molecule has 0 fully saturated rings. The zero-order chi connectivity index (χ0) is 27.2. The first-order valence-corrected chi connectivity index (χ1v) is 8.85. The summed E-state index contributed by atoms with van der Waals surface area (Å²) in [5, 5.41) is 0. The third-order valence-electron chi connectivity index (χ3n) is 4.14. The molecule has 0 amide bonds. The third kappa shape index (κ3) is 7.00. The van der Waals surface area contributed by atoms with Crippen LogP contribution in [0.5, 0.6) is 0 Å². The Morgan fingerprint density at radius 3 is 1.71 bits per heavy atom. The normalized spacial score (nSPS) is 15.4. The van der Waals surface area contributed by atoms with Gasteiger partial charge in [0.15, 0.2) is 0 Å². The highest BCUT2D eigenvalue weighted by atomic mass is 19.4. The van der Waals surface area contributed by atoms with Crippen LogP contribution in [0.25, 0.3) is 0 Å². The van der Waals surface area contributed by atoms with Crippen molar-refractivity contribution in [3.8, 4) is 0 Å². The summed E-state index contributed by atoms with van der Waals surface area (Å²) < 4.78 is 132. The molecule has 2 atom stereocenters. The minimum atomic E-state index is -7.18. The van der Waals surface area contributed by atoms with Crippen molar-refractivity contribution in [1.29, 1.82) is 0 Å². The average Bonchev–Trinajstić information content (AvgIpc) is 2.73. The van der Waals surface area contributed by atoms with Gasteiger partial charge < -0.3 is 14.2 Å². The molecule has 0 aliphatic rings. The third-order valence-corrected chi connectivity index (χ3v) is 4.14. The van der Waals surface area contributed by atoms with Gasteiger partial charge in [0, 0.05) is 12.2 Å². The van der Waals surface area contributed by atoms with Crippen molar-refractivity contribution in [3.05, 3.63) is 38.0 Å². The largest absolute Gasteiger partial charge is 0.461 e. The number of carbonyl (C=O) groups is 3. The van der Waals surface area contributed by atoms with Crippen LogP contribution in [0, 0.1) is 5.41 Å². The molecule has 0 saturated carbocycles. The number of alkyl halides is 9. The second-order valence-corrected chi connectivity index (χ2v) is 6.85. The number of rotatable bonds is 13. The van der Waals surface area contributed by atoms with E-state index in [2.05, 4.69) is 33.9 Å². The highest BCUT2D eigenvalue weighted by molar-refractivity contribution is 5.83. The second-order valence-electron chi connectivity index (χ2n) is 6.85. The monoisotopic (exact) mass is 514 g/mol. The molecular formula is C19H19F9O6. The fraction of sp³-hybridized carbons (Fsp3) is 0.526. The topological polar surface area (TPSA) is 78.9 Å². The maximum Gasteiger partial charge on any atom is 0.460 e. The first-order valence-electron chi connectivity index (χ1n) is 8.85. The van der Waals surface area contributed by atoms with Crippen LogP contribution in [0.3, 0.4) is 0 Å². The van der Waals surface area contributed by atoms with Crippen LogP contribution in [0.2, 0.25) is 0 Å². The highest BCUT2D eigenvalue weighted by Crippen LogP contribution is 2.54. The lowest BCUT2D eigenvalue weighted by Gasteiger charge is -2.35. The first kappa shape index (κ1) is 31.0. The molecule has 194 valence electrons. The van der Waals surface area contributed by atoms with E-state index in [1.807, 2.05) is 0 Å². The maximum absolute atomic E-state index is 14.0. The molecule has 0 aliphatic heterocycles. The lowest BCUT2D eigenvalue weighted by Crippen LogP contribution is -2.61. The molecule has 6 nitrogen and oxygen atoms in total. The van der Waals surface area contributed by atoms with Gasteiger partial charge in [-0.15, -0.1) is 6.58 Å². The Balaban J connectivity index is 5.99. The van der Waals surface area contributed by atoms with E-state index in [0.29, 0.717) is 12.2 Å².